The van der Waals surface area contributed by atoms with Crippen molar-refractivity contribution in [1.29, 1.82) is 0 Å². The fraction of sp³-hybridized carbons (Fsp3) is 0.133. The number of rotatable bonds is 2. The van der Waals surface area contributed by atoms with Gasteiger partial charge in [0.2, 0.25) is 0 Å². The lowest BCUT2D eigenvalue weighted by atomic mass is 10.00. The number of nitrogens with one attached hydrogen (secondary N) is 1. The van der Waals surface area contributed by atoms with E-state index in [0.717, 1.165) is 34.1 Å². The lowest BCUT2D eigenvalue weighted by Gasteiger charge is -2.17. The molecule has 4 rings (SSSR count). The summed E-state index contributed by atoms with van der Waals surface area (Å²) < 4.78 is 1.96. The number of carbonyl (C=O) groups is 1. The van der Waals surface area contributed by atoms with E-state index in [-0.39, 0.29) is 5.91 Å². The number of benzene rings is 1. The first kappa shape index (κ1) is 12.3. The number of nitrogens with zero attached hydrogens (tertiary/aromatic N) is 3. The molecular weight excluding hydrogens is 284 g/mol. The number of thiazole rings is 1. The Balaban J connectivity index is 1.83. The van der Waals surface area contributed by atoms with Crippen molar-refractivity contribution >= 4 is 17.2 Å². The second-order valence-corrected chi connectivity index (χ2v) is 5.70. The number of amides is 1. The zero-order valence-electron chi connectivity index (χ0n) is 11.1. The van der Waals surface area contributed by atoms with Gasteiger partial charge in [-0.15, -0.1) is 11.3 Å². The fourth-order valence-electron chi connectivity index (χ4n) is 2.55. The van der Waals surface area contributed by atoms with Crippen LogP contribution < -0.4 is 5.32 Å². The van der Waals surface area contributed by atoms with E-state index >= 15 is 0 Å². The van der Waals surface area contributed by atoms with Crippen molar-refractivity contribution in [2.75, 3.05) is 6.54 Å². The van der Waals surface area contributed by atoms with Crippen LogP contribution >= 0.6 is 11.3 Å². The molecule has 0 fully saturated rings. The van der Waals surface area contributed by atoms with Crippen molar-refractivity contribution in [3.63, 3.8) is 0 Å². The fourth-order valence-corrected chi connectivity index (χ4v) is 3.18. The van der Waals surface area contributed by atoms with Gasteiger partial charge in [0.15, 0.2) is 10.8 Å². The number of fused-ring (bicyclic) bond motifs is 1. The molecule has 1 aliphatic heterocycles. The third-order valence-electron chi connectivity index (χ3n) is 3.56. The van der Waals surface area contributed by atoms with Gasteiger partial charge in [0.25, 0.3) is 5.91 Å². The zero-order chi connectivity index (χ0) is 14.2. The van der Waals surface area contributed by atoms with Gasteiger partial charge in [-0.25, -0.2) is 9.97 Å². The molecule has 104 valence electrons. The summed E-state index contributed by atoms with van der Waals surface area (Å²) in [5, 5.41) is 5.67. The first-order valence-electron chi connectivity index (χ1n) is 6.67. The number of imidazole rings is 1. The molecule has 1 aliphatic rings. The molecule has 0 radical (unpaired) electrons. The first-order valence-corrected chi connectivity index (χ1v) is 7.55. The van der Waals surface area contributed by atoms with E-state index in [0.29, 0.717) is 6.54 Å². The molecule has 0 spiro atoms. The van der Waals surface area contributed by atoms with Crippen molar-refractivity contribution < 1.29 is 4.79 Å². The van der Waals surface area contributed by atoms with Gasteiger partial charge in [-0.2, -0.15) is 0 Å². The van der Waals surface area contributed by atoms with Crippen molar-refractivity contribution in [3.8, 4) is 16.5 Å². The molecule has 3 heterocycles. The summed E-state index contributed by atoms with van der Waals surface area (Å²) >= 11 is 1.55. The van der Waals surface area contributed by atoms with Crippen LogP contribution in [0, 0.1) is 0 Å². The molecule has 1 aromatic carbocycles. The Hall–Kier alpha value is -2.47. The molecular formula is C15H12N4OS. The molecule has 0 bridgehead atoms. The molecule has 0 unspecified atom stereocenters. The Labute approximate surface area is 125 Å². The monoisotopic (exact) mass is 296 g/mol. The predicted molar refractivity (Wildman–Crippen MR) is 80.7 cm³/mol. The molecule has 1 N–H and O–H groups in total. The van der Waals surface area contributed by atoms with Crippen molar-refractivity contribution in [2.24, 2.45) is 0 Å². The minimum atomic E-state index is -0.00554. The second kappa shape index (κ2) is 4.82. The van der Waals surface area contributed by atoms with Gasteiger partial charge >= 0.3 is 0 Å². The number of hydrogen-bond donors (Lipinski definition) is 1. The van der Waals surface area contributed by atoms with E-state index in [1.165, 1.54) is 0 Å². The molecule has 0 aliphatic carbocycles. The van der Waals surface area contributed by atoms with E-state index in [2.05, 4.69) is 15.3 Å². The minimum Gasteiger partial charge on any atom is -0.352 e. The van der Waals surface area contributed by atoms with E-state index in [1.54, 1.807) is 23.7 Å². The van der Waals surface area contributed by atoms with E-state index in [4.69, 9.17) is 0 Å². The zero-order valence-corrected chi connectivity index (χ0v) is 11.9. The smallest absolute Gasteiger partial charge is 0.251 e. The molecule has 6 heteroatoms. The van der Waals surface area contributed by atoms with Gasteiger partial charge in [-0.3, -0.25) is 9.36 Å². The lowest BCUT2D eigenvalue weighted by molar-refractivity contribution is 0.0946. The molecule has 21 heavy (non-hydrogen) atoms. The number of hydrogen-bond acceptors (Lipinski definition) is 4. The Bertz CT molecular complexity index is 807. The highest BCUT2D eigenvalue weighted by Gasteiger charge is 2.18. The Kier molecular flexibility index (Phi) is 2.82. The molecule has 0 saturated heterocycles. The normalized spacial score (nSPS) is 13.8. The summed E-state index contributed by atoms with van der Waals surface area (Å²) in [6, 6.07) is 5.97. The molecule has 1 amide bonds. The Morgan fingerprint density at radius 2 is 2.19 bits per heavy atom. The summed E-state index contributed by atoms with van der Waals surface area (Å²) in [6.07, 6.45) is 6.28. The average Bonchev–Trinajstić information content (AvgIpc) is 3.18. The molecule has 0 saturated carbocycles. The topological polar surface area (TPSA) is 59.8 Å². The van der Waals surface area contributed by atoms with Gasteiger partial charge in [0, 0.05) is 41.8 Å². The highest BCUT2D eigenvalue weighted by atomic mass is 32.1. The van der Waals surface area contributed by atoms with Gasteiger partial charge in [0.05, 0.1) is 0 Å². The maximum atomic E-state index is 12.0. The summed E-state index contributed by atoms with van der Waals surface area (Å²) in [5.74, 6) is 0.787. The maximum Gasteiger partial charge on any atom is 0.251 e. The number of carbonyl (C=O) groups excluding carboxylic acids is 1. The van der Waals surface area contributed by atoms with Crippen molar-refractivity contribution in [2.45, 2.75) is 6.42 Å². The number of aromatic nitrogens is 3. The maximum absolute atomic E-state index is 12.0. The first-order chi connectivity index (χ1) is 10.3. The van der Waals surface area contributed by atoms with Crippen LogP contribution in [-0.4, -0.2) is 27.0 Å². The SMILES string of the molecule is O=C1NCCc2ccc(-n3ccnc3-c3nccs3)cc21. The molecule has 3 aromatic rings. The Morgan fingerprint density at radius 1 is 1.24 bits per heavy atom. The summed E-state index contributed by atoms with van der Waals surface area (Å²) in [6.45, 7) is 0.709. The van der Waals surface area contributed by atoms with Crippen LogP contribution in [0.1, 0.15) is 15.9 Å². The largest absolute Gasteiger partial charge is 0.352 e. The molecule has 5 nitrogen and oxygen atoms in total. The van der Waals surface area contributed by atoms with E-state index in [1.807, 2.05) is 34.3 Å². The van der Waals surface area contributed by atoms with E-state index in [9.17, 15) is 4.79 Å². The van der Waals surface area contributed by atoms with Crippen LogP contribution in [0.3, 0.4) is 0 Å². The van der Waals surface area contributed by atoms with Gasteiger partial charge in [0.1, 0.15) is 0 Å². The van der Waals surface area contributed by atoms with Crippen LogP contribution in [0.2, 0.25) is 0 Å². The lowest BCUT2D eigenvalue weighted by Crippen LogP contribution is -2.31. The summed E-state index contributed by atoms with van der Waals surface area (Å²) in [5.41, 5.74) is 2.77. The molecule has 0 atom stereocenters. The third kappa shape index (κ3) is 2.04. The van der Waals surface area contributed by atoms with Gasteiger partial charge < -0.3 is 5.32 Å². The van der Waals surface area contributed by atoms with Crippen molar-refractivity contribution in [3.05, 3.63) is 53.3 Å². The summed E-state index contributed by atoms with van der Waals surface area (Å²) in [4.78, 5) is 20.7. The standard InChI is InChI=1S/C15H12N4OS/c20-14-12-9-11(2-1-10(12)3-4-17-14)19-7-5-16-13(19)15-18-6-8-21-15/h1-2,5-9H,3-4H2,(H,17,20). The Morgan fingerprint density at radius 3 is 3.05 bits per heavy atom. The second-order valence-electron chi connectivity index (χ2n) is 4.81. The highest BCUT2D eigenvalue weighted by molar-refractivity contribution is 7.13. The van der Waals surface area contributed by atoms with Crippen LogP contribution in [0.15, 0.2) is 42.2 Å². The molecule has 2 aromatic heterocycles. The van der Waals surface area contributed by atoms with Gasteiger partial charge in [-0.1, -0.05) is 6.07 Å². The quantitative estimate of drug-likeness (QED) is 0.789. The van der Waals surface area contributed by atoms with Crippen LogP contribution in [-0.2, 0) is 6.42 Å². The van der Waals surface area contributed by atoms with Gasteiger partial charge in [-0.05, 0) is 24.1 Å². The van der Waals surface area contributed by atoms with Crippen LogP contribution in [0.25, 0.3) is 16.5 Å². The van der Waals surface area contributed by atoms with Crippen molar-refractivity contribution in [1.82, 2.24) is 19.9 Å². The third-order valence-corrected chi connectivity index (χ3v) is 4.33. The highest BCUT2D eigenvalue weighted by Crippen LogP contribution is 2.25. The summed E-state index contributed by atoms with van der Waals surface area (Å²) in [7, 11) is 0. The predicted octanol–water partition coefficient (Wildman–Crippen LogP) is 2.28. The van der Waals surface area contributed by atoms with Crippen LogP contribution in [0.5, 0.6) is 0 Å². The minimum absolute atomic E-state index is 0.00554. The van der Waals surface area contributed by atoms with Crippen LogP contribution in [0.4, 0.5) is 0 Å². The average molecular weight is 296 g/mol. The van der Waals surface area contributed by atoms with E-state index < -0.39 is 0 Å².